The minimum absolute atomic E-state index is 0.0190. The third kappa shape index (κ3) is 3.88. The van der Waals surface area contributed by atoms with Crippen molar-refractivity contribution < 1.29 is 9.53 Å². The minimum Gasteiger partial charge on any atom is -0.467 e. The van der Waals surface area contributed by atoms with Crippen LogP contribution < -0.4 is 14.5 Å². The molecule has 0 bridgehead atoms. The normalized spacial score (nSPS) is 18.2. The molecule has 0 spiro atoms. The fourth-order valence-corrected chi connectivity index (χ4v) is 5.01. The smallest absolute Gasteiger partial charge is 0.318 e. The lowest BCUT2D eigenvalue weighted by Gasteiger charge is -2.42. The van der Waals surface area contributed by atoms with Gasteiger partial charge in [0.15, 0.2) is 0 Å². The highest BCUT2D eigenvalue weighted by atomic mass is 16.5. The summed E-state index contributed by atoms with van der Waals surface area (Å²) in [4.78, 5) is 28.1. The highest BCUT2D eigenvalue weighted by Crippen LogP contribution is 2.34. The van der Waals surface area contributed by atoms with Crippen LogP contribution in [0.3, 0.4) is 0 Å². The van der Waals surface area contributed by atoms with Gasteiger partial charge in [-0.15, -0.1) is 0 Å². The molecule has 0 N–H and O–H groups in total. The van der Waals surface area contributed by atoms with Crippen molar-refractivity contribution in [2.45, 2.75) is 25.9 Å². The highest BCUT2D eigenvalue weighted by molar-refractivity contribution is 5.94. The van der Waals surface area contributed by atoms with Crippen LogP contribution in [-0.2, 0) is 17.8 Å². The van der Waals surface area contributed by atoms with Crippen molar-refractivity contribution in [3.05, 3.63) is 66.4 Å². The number of amides is 1. The lowest BCUT2D eigenvalue weighted by atomic mass is 10.0. The van der Waals surface area contributed by atoms with Crippen LogP contribution in [0.1, 0.15) is 18.2 Å². The molecule has 1 fully saturated rings. The molecule has 1 amide bonds. The maximum atomic E-state index is 12.1. The summed E-state index contributed by atoms with van der Waals surface area (Å²) < 4.78 is 5.49. The molecule has 3 aromatic rings. The number of carbonyl (C=O) groups is 1. The molecule has 3 heterocycles. The first kappa shape index (κ1) is 21.2. The lowest BCUT2D eigenvalue weighted by Crippen LogP contribution is -2.54. The van der Waals surface area contributed by atoms with Gasteiger partial charge in [-0.05, 0) is 30.9 Å². The van der Waals surface area contributed by atoms with E-state index in [0.29, 0.717) is 25.6 Å². The van der Waals surface area contributed by atoms with Gasteiger partial charge in [-0.3, -0.25) is 4.79 Å². The van der Waals surface area contributed by atoms with Crippen LogP contribution in [0.2, 0.25) is 0 Å². The molecule has 2 aliphatic heterocycles. The van der Waals surface area contributed by atoms with Gasteiger partial charge in [-0.2, -0.15) is 9.97 Å². The Kier molecular flexibility index (Phi) is 5.62. The Hall–Kier alpha value is -3.61. The van der Waals surface area contributed by atoms with Crippen LogP contribution >= 0.6 is 0 Å². The molecular formula is C26H29N5O2. The van der Waals surface area contributed by atoms with Crippen molar-refractivity contribution in [3.63, 3.8) is 0 Å². The molecular weight excluding hydrogens is 414 g/mol. The number of methoxy groups -OCH3 is 1. The summed E-state index contributed by atoms with van der Waals surface area (Å²) in [6, 6.07) is 15.5. The number of rotatable bonds is 4. The summed E-state index contributed by atoms with van der Waals surface area (Å²) in [7, 11) is 1.61. The van der Waals surface area contributed by atoms with E-state index in [-0.39, 0.29) is 11.9 Å². The molecule has 170 valence electrons. The van der Waals surface area contributed by atoms with E-state index in [2.05, 4.69) is 65.8 Å². The van der Waals surface area contributed by atoms with Crippen molar-refractivity contribution in [3.8, 4) is 6.01 Å². The number of anilines is 2. The maximum Gasteiger partial charge on any atom is 0.318 e. The molecule has 1 atom stereocenters. The zero-order valence-corrected chi connectivity index (χ0v) is 19.2. The quantitative estimate of drug-likeness (QED) is 0.576. The van der Waals surface area contributed by atoms with Crippen molar-refractivity contribution in [1.29, 1.82) is 0 Å². The van der Waals surface area contributed by atoms with Crippen LogP contribution in [0.4, 0.5) is 11.5 Å². The van der Waals surface area contributed by atoms with Gasteiger partial charge in [0, 0.05) is 48.9 Å². The third-order valence-electron chi connectivity index (χ3n) is 6.70. The van der Waals surface area contributed by atoms with Crippen LogP contribution in [0, 0.1) is 0 Å². The summed E-state index contributed by atoms with van der Waals surface area (Å²) in [5.41, 5.74) is 3.42. The average Bonchev–Trinajstić information content (AvgIpc) is 2.86. The molecule has 0 aliphatic carbocycles. The summed E-state index contributed by atoms with van der Waals surface area (Å²) in [5.74, 6) is 0.919. The SMILES string of the molecule is C=CC(=O)N1CCN(c2nc(OC)nc3c2CCN(c2cccc4ccccc24)C3)C(C)C1. The molecule has 33 heavy (non-hydrogen) atoms. The monoisotopic (exact) mass is 443 g/mol. The van der Waals surface area contributed by atoms with Gasteiger partial charge in [0.1, 0.15) is 5.82 Å². The van der Waals surface area contributed by atoms with Crippen LogP contribution in [0.15, 0.2) is 55.1 Å². The molecule has 5 rings (SSSR count). The van der Waals surface area contributed by atoms with Crippen molar-refractivity contribution in [2.75, 3.05) is 43.1 Å². The Morgan fingerprint density at radius 1 is 1.12 bits per heavy atom. The van der Waals surface area contributed by atoms with Gasteiger partial charge in [0.25, 0.3) is 0 Å². The molecule has 7 heteroatoms. The van der Waals surface area contributed by atoms with E-state index in [9.17, 15) is 4.79 Å². The van der Waals surface area contributed by atoms with Gasteiger partial charge in [-0.1, -0.05) is 43.0 Å². The standard InChI is InChI=1S/C26H29N5O2/c1-4-24(32)30-14-15-31(18(2)16-30)25-21-12-13-29(17-22(21)27-26(28-25)33-3)23-11-7-9-19-8-5-6-10-20(19)23/h4-11,18H,1,12-17H2,2-3H3. The predicted octanol–water partition coefficient (Wildman–Crippen LogP) is 3.42. The predicted molar refractivity (Wildman–Crippen MR) is 131 cm³/mol. The van der Waals surface area contributed by atoms with Crippen LogP contribution in [-0.4, -0.2) is 60.1 Å². The van der Waals surface area contributed by atoms with Crippen molar-refractivity contribution in [2.24, 2.45) is 0 Å². The van der Waals surface area contributed by atoms with Gasteiger partial charge < -0.3 is 19.4 Å². The molecule has 2 aliphatic rings. The Bertz CT molecular complexity index is 1210. The number of hydrogen-bond donors (Lipinski definition) is 0. The molecule has 0 saturated carbocycles. The molecule has 0 radical (unpaired) electrons. The number of piperazine rings is 1. The summed E-state index contributed by atoms with van der Waals surface area (Å²) >= 11 is 0. The first-order chi connectivity index (χ1) is 16.1. The second-order valence-electron chi connectivity index (χ2n) is 8.66. The van der Waals surface area contributed by atoms with Crippen LogP contribution in [0.25, 0.3) is 10.8 Å². The lowest BCUT2D eigenvalue weighted by molar-refractivity contribution is -0.126. The first-order valence-corrected chi connectivity index (χ1v) is 11.4. The van der Waals surface area contributed by atoms with E-state index in [1.807, 2.05) is 4.90 Å². The summed E-state index contributed by atoms with van der Waals surface area (Å²) in [6.45, 7) is 9.38. The van der Waals surface area contributed by atoms with E-state index < -0.39 is 0 Å². The number of hydrogen-bond acceptors (Lipinski definition) is 6. The minimum atomic E-state index is -0.0190. The Balaban J connectivity index is 1.47. The second kappa shape index (κ2) is 8.73. The number of nitrogens with zero attached hydrogens (tertiary/aromatic N) is 5. The Labute approximate surface area is 194 Å². The van der Waals surface area contributed by atoms with Crippen LogP contribution in [0.5, 0.6) is 6.01 Å². The van der Waals surface area contributed by atoms with E-state index in [1.165, 1.54) is 28.1 Å². The van der Waals surface area contributed by atoms with E-state index in [0.717, 1.165) is 31.0 Å². The number of benzene rings is 2. The molecule has 1 saturated heterocycles. The number of fused-ring (bicyclic) bond motifs is 2. The number of ether oxygens (including phenoxy) is 1. The van der Waals surface area contributed by atoms with E-state index in [1.54, 1.807) is 7.11 Å². The number of carbonyl (C=O) groups excluding carboxylic acids is 1. The van der Waals surface area contributed by atoms with Gasteiger partial charge in [-0.25, -0.2) is 0 Å². The van der Waals surface area contributed by atoms with E-state index >= 15 is 0 Å². The average molecular weight is 444 g/mol. The fourth-order valence-electron chi connectivity index (χ4n) is 5.01. The van der Waals surface area contributed by atoms with Crippen molar-refractivity contribution >= 4 is 28.2 Å². The molecule has 1 unspecified atom stereocenters. The maximum absolute atomic E-state index is 12.1. The summed E-state index contributed by atoms with van der Waals surface area (Å²) in [6.07, 6.45) is 2.25. The van der Waals surface area contributed by atoms with Gasteiger partial charge in [0.05, 0.1) is 19.3 Å². The van der Waals surface area contributed by atoms with Gasteiger partial charge >= 0.3 is 6.01 Å². The number of aromatic nitrogens is 2. The Morgan fingerprint density at radius 2 is 1.94 bits per heavy atom. The van der Waals surface area contributed by atoms with Crippen molar-refractivity contribution in [1.82, 2.24) is 14.9 Å². The molecule has 1 aromatic heterocycles. The second-order valence-corrected chi connectivity index (χ2v) is 8.66. The van der Waals surface area contributed by atoms with Gasteiger partial charge in [0.2, 0.25) is 5.91 Å². The zero-order chi connectivity index (χ0) is 22.9. The highest BCUT2D eigenvalue weighted by Gasteiger charge is 2.31. The summed E-state index contributed by atoms with van der Waals surface area (Å²) in [5, 5.41) is 2.49. The topological polar surface area (TPSA) is 61.8 Å². The molecule has 7 nitrogen and oxygen atoms in total. The fraction of sp³-hybridized carbons (Fsp3) is 0.346. The third-order valence-corrected chi connectivity index (χ3v) is 6.70. The van der Waals surface area contributed by atoms with E-state index in [4.69, 9.17) is 14.7 Å². The zero-order valence-electron chi connectivity index (χ0n) is 19.2. The first-order valence-electron chi connectivity index (χ1n) is 11.4. The largest absolute Gasteiger partial charge is 0.467 e. The Morgan fingerprint density at radius 3 is 2.73 bits per heavy atom. The molecule has 2 aromatic carbocycles.